The van der Waals surface area contributed by atoms with E-state index in [1.54, 1.807) is 6.07 Å². The maximum Gasteiger partial charge on any atom is 0.325 e. The Balaban J connectivity index is 2.44. The van der Waals surface area contributed by atoms with Gasteiger partial charge in [-0.1, -0.05) is 15.9 Å². The number of alkyl halides is 2. The molecule has 1 aromatic carbocycles. The zero-order valence-electron chi connectivity index (χ0n) is 11.1. The molecule has 1 unspecified atom stereocenters. The molecule has 0 spiro atoms. The topological polar surface area (TPSA) is 55.8 Å². The summed E-state index contributed by atoms with van der Waals surface area (Å²) in [5.74, 6) is -4.15. The first-order chi connectivity index (χ1) is 9.86. The van der Waals surface area contributed by atoms with Gasteiger partial charge in [0.15, 0.2) is 0 Å². The predicted molar refractivity (Wildman–Crippen MR) is 77.6 cm³/mol. The van der Waals surface area contributed by atoms with Crippen LogP contribution >= 0.6 is 27.7 Å². The molecule has 116 valence electrons. The van der Waals surface area contributed by atoms with Crippen molar-refractivity contribution in [2.24, 2.45) is 0 Å². The highest BCUT2D eigenvalue weighted by molar-refractivity contribution is 9.10. The molecule has 0 bridgehead atoms. The van der Waals surface area contributed by atoms with E-state index < -0.39 is 23.2 Å². The molecule has 1 aromatic rings. The van der Waals surface area contributed by atoms with Gasteiger partial charge in [-0.15, -0.1) is 11.8 Å². The highest BCUT2D eigenvalue weighted by Gasteiger charge is 2.64. The van der Waals surface area contributed by atoms with E-state index in [0.717, 1.165) is 7.11 Å². The number of rotatable bonds is 5. The summed E-state index contributed by atoms with van der Waals surface area (Å²) in [5, 5.41) is 8.92. The maximum absolute atomic E-state index is 14.8. The number of carbonyl (C=O) groups is 1. The summed E-state index contributed by atoms with van der Waals surface area (Å²) in [5.41, 5.74) is -0.286. The molecular weight excluding hydrogens is 370 g/mol. The number of hydrogen-bond donors (Lipinski definition) is 1. The number of esters is 1. The molecule has 0 aromatic heterocycles. The lowest BCUT2D eigenvalue weighted by molar-refractivity contribution is -0.152. The Bertz CT molecular complexity index is 555. The number of aliphatic hydroxyl groups is 1. The quantitative estimate of drug-likeness (QED) is 0.793. The average molecular weight is 383 g/mol. The molecule has 8 heteroatoms. The molecule has 1 aliphatic heterocycles. The molecule has 0 amide bonds. The highest BCUT2D eigenvalue weighted by Crippen LogP contribution is 2.58. The minimum Gasteiger partial charge on any atom is -0.469 e. The molecule has 0 saturated carbocycles. The number of fused-ring (bicyclic) bond motifs is 1. The number of aliphatic hydroxyl groups excluding tert-OH is 1. The van der Waals surface area contributed by atoms with Crippen LogP contribution in [0, 0.1) is 0 Å². The molecule has 0 fully saturated rings. The van der Waals surface area contributed by atoms with Gasteiger partial charge in [0, 0.05) is 10.2 Å². The van der Waals surface area contributed by atoms with Gasteiger partial charge in [-0.05, 0) is 18.2 Å². The molecular formula is C13H13BrF2O4S. The van der Waals surface area contributed by atoms with Gasteiger partial charge in [0.25, 0.3) is 0 Å². The first kappa shape index (κ1) is 16.5. The van der Waals surface area contributed by atoms with Crippen LogP contribution in [0.3, 0.4) is 0 Å². The monoisotopic (exact) mass is 382 g/mol. The standard InChI is InChI=1S/C13H13BrF2O4S/c1-19-11(18)7-12(21-5-4-17)13(15,16)9-6-8(14)2-3-10(9)20-12/h2-3,6,17H,4-5,7H2,1H3. The van der Waals surface area contributed by atoms with E-state index in [2.05, 4.69) is 20.7 Å². The van der Waals surface area contributed by atoms with Gasteiger partial charge in [-0.2, -0.15) is 8.78 Å². The lowest BCUT2D eigenvalue weighted by Gasteiger charge is -2.32. The lowest BCUT2D eigenvalue weighted by Crippen LogP contribution is -2.45. The fourth-order valence-electron chi connectivity index (χ4n) is 2.07. The third-order valence-electron chi connectivity index (χ3n) is 3.06. The van der Waals surface area contributed by atoms with Crippen LogP contribution in [0.2, 0.25) is 0 Å². The Morgan fingerprint density at radius 1 is 1.52 bits per heavy atom. The number of methoxy groups -OCH3 is 1. The molecule has 2 rings (SSSR count). The fraction of sp³-hybridized carbons (Fsp3) is 0.462. The van der Waals surface area contributed by atoms with Crippen molar-refractivity contribution in [3.63, 3.8) is 0 Å². The lowest BCUT2D eigenvalue weighted by atomic mass is 10.0. The summed E-state index contributed by atoms with van der Waals surface area (Å²) in [6.07, 6.45) is -0.618. The Morgan fingerprint density at radius 2 is 2.24 bits per heavy atom. The van der Waals surface area contributed by atoms with E-state index in [1.807, 2.05) is 0 Å². The van der Waals surface area contributed by atoms with E-state index in [9.17, 15) is 13.6 Å². The third kappa shape index (κ3) is 2.89. The van der Waals surface area contributed by atoms with E-state index in [4.69, 9.17) is 9.84 Å². The van der Waals surface area contributed by atoms with Gasteiger partial charge in [0.05, 0.1) is 19.3 Å². The van der Waals surface area contributed by atoms with E-state index in [-0.39, 0.29) is 23.7 Å². The number of halogens is 3. The average Bonchev–Trinajstić information content (AvgIpc) is 2.65. The zero-order chi connectivity index (χ0) is 15.7. The largest absolute Gasteiger partial charge is 0.469 e. The molecule has 4 nitrogen and oxygen atoms in total. The molecule has 1 heterocycles. The van der Waals surface area contributed by atoms with Gasteiger partial charge in [-0.3, -0.25) is 4.79 Å². The van der Waals surface area contributed by atoms with Gasteiger partial charge in [-0.25, -0.2) is 0 Å². The van der Waals surface area contributed by atoms with Gasteiger partial charge in [0.1, 0.15) is 12.2 Å². The van der Waals surface area contributed by atoms with Crippen LogP contribution in [0.25, 0.3) is 0 Å². The first-order valence-corrected chi connectivity index (χ1v) is 7.82. The Kier molecular flexibility index (Phi) is 4.79. The highest BCUT2D eigenvalue weighted by atomic mass is 79.9. The molecule has 0 radical (unpaired) electrons. The second-order valence-electron chi connectivity index (χ2n) is 4.39. The van der Waals surface area contributed by atoms with Crippen molar-refractivity contribution in [2.45, 2.75) is 17.3 Å². The number of benzene rings is 1. The van der Waals surface area contributed by atoms with E-state index in [0.29, 0.717) is 16.2 Å². The normalized spacial score (nSPS) is 22.5. The van der Waals surface area contributed by atoms with E-state index in [1.165, 1.54) is 12.1 Å². The Labute approximate surface area is 132 Å². The molecule has 0 saturated heterocycles. The second-order valence-corrected chi connectivity index (χ2v) is 6.67. The molecule has 1 atom stereocenters. The maximum atomic E-state index is 14.8. The van der Waals surface area contributed by atoms with Crippen LogP contribution in [0.1, 0.15) is 12.0 Å². The van der Waals surface area contributed by atoms with Crippen molar-refractivity contribution in [3.8, 4) is 5.75 Å². The van der Waals surface area contributed by atoms with Crippen molar-refractivity contribution in [1.82, 2.24) is 0 Å². The minimum absolute atomic E-state index is 0.0156. The number of hydrogen-bond acceptors (Lipinski definition) is 5. The summed E-state index contributed by atoms with van der Waals surface area (Å²) in [6.45, 7) is -0.299. The summed E-state index contributed by atoms with van der Waals surface area (Å²) in [4.78, 5) is 9.42. The predicted octanol–water partition coefficient (Wildman–Crippen LogP) is 2.92. The van der Waals surface area contributed by atoms with Crippen molar-refractivity contribution in [1.29, 1.82) is 0 Å². The first-order valence-electron chi connectivity index (χ1n) is 6.05. The Hall–Kier alpha value is -0.860. The molecule has 0 aliphatic carbocycles. The number of thioether (sulfide) groups is 1. The van der Waals surface area contributed by atoms with Crippen molar-refractivity contribution in [2.75, 3.05) is 19.5 Å². The van der Waals surface area contributed by atoms with Crippen molar-refractivity contribution in [3.05, 3.63) is 28.2 Å². The summed E-state index contributed by atoms with van der Waals surface area (Å²) >= 11 is 3.85. The summed E-state index contributed by atoms with van der Waals surface area (Å²) in [6, 6.07) is 4.28. The third-order valence-corrected chi connectivity index (χ3v) is 4.89. The molecule has 1 aliphatic rings. The Morgan fingerprint density at radius 3 is 2.86 bits per heavy atom. The van der Waals surface area contributed by atoms with Crippen LogP contribution in [-0.2, 0) is 15.5 Å². The number of ether oxygens (including phenoxy) is 2. The van der Waals surface area contributed by atoms with Crippen molar-refractivity contribution < 1.29 is 28.2 Å². The fourth-order valence-corrected chi connectivity index (χ4v) is 3.52. The van der Waals surface area contributed by atoms with Crippen LogP contribution in [0.4, 0.5) is 8.78 Å². The summed E-state index contributed by atoms with van der Waals surface area (Å²) < 4.78 is 40.0. The molecule has 1 N–H and O–H groups in total. The minimum atomic E-state index is -3.39. The zero-order valence-corrected chi connectivity index (χ0v) is 13.5. The van der Waals surface area contributed by atoms with Crippen LogP contribution in [-0.4, -0.2) is 35.5 Å². The van der Waals surface area contributed by atoms with Crippen LogP contribution in [0.15, 0.2) is 22.7 Å². The molecule has 21 heavy (non-hydrogen) atoms. The smallest absolute Gasteiger partial charge is 0.325 e. The van der Waals surface area contributed by atoms with Crippen molar-refractivity contribution >= 4 is 33.7 Å². The van der Waals surface area contributed by atoms with Crippen LogP contribution < -0.4 is 4.74 Å². The van der Waals surface area contributed by atoms with Crippen LogP contribution in [0.5, 0.6) is 5.75 Å². The second kappa shape index (κ2) is 6.10. The summed E-state index contributed by atoms with van der Waals surface area (Å²) in [7, 11) is 1.13. The SMILES string of the molecule is COC(=O)CC1(SCCO)Oc2ccc(Br)cc2C1(F)F. The van der Waals surface area contributed by atoms with E-state index >= 15 is 0 Å². The number of carbonyl (C=O) groups excluding carboxylic acids is 1. The van der Waals surface area contributed by atoms with Gasteiger partial charge >= 0.3 is 11.9 Å². The van der Waals surface area contributed by atoms with Gasteiger partial charge in [0.2, 0.25) is 4.93 Å². The van der Waals surface area contributed by atoms with Gasteiger partial charge < -0.3 is 14.6 Å².